The summed E-state index contributed by atoms with van der Waals surface area (Å²) in [5, 5.41) is 10.4. The van der Waals surface area contributed by atoms with E-state index in [0.29, 0.717) is 23.4 Å². The number of hydrogen-bond donors (Lipinski definition) is 3. The van der Waals surface area contributed by atoms with E-state index in [9.17, 15) is 4.79 Å². The van der Waals surface area contributed by atoms with Crippen LogP contribution in [0, 0.1) is 5.92 Å². The minimum absolute atomic E-state index is 0. The average Bonchev–Trinajstić information content (AvgIpc) is 3.12. The van der Waals surface area contributed by atoms with E-state index in [4.69, 9.17) is 11.6 Å². The predicted molar refractivity (Wildman–Crippen MR) is 101 cm³/mol. The summed E-state index contributed by atoms with van der Waals surface area (Å²) in [6.45, 7) is 2.12. The number of hydrogen-bond acceptors (Lipinski definition) is 3. The molecule has 2 fully saturated rings. The number of amides is 1. The van der Waals surface area contributed by atoms with Gasteiger partial charge in [0.25, 0.3) is 0 Å². The van der Waals surface area contributed by atoms with Crippen molar-refractivity contribution >= 4 is 53.7 Å². The number of anilines is 2. The van der Waals surface area contributed by atoms with Crippen molar-refractivity contribution in [2.75, 3.05) is 23.7 Å². The van der Waals surface area contributed by atoms with Crippen molar-refractivity contribution in [2.24, 2.45) is 5.92 Å². The molecule has 130 valence electrons. The molecule has 0 bridgehead atoms. The molecule has 0 aromatic heterocycles. The molecule has 2 aliphatic rings. The Kier molecular flexibility index (Phi) is 8.48. The Morgan fingerprint density at radius 1 is 1.22 bits per heavy atom. The van der Waals surface area contributed by atoms with Crippen molar-refractivity contribution in [3.8, 4) is 0 Å². The van der Waals surface area contributed by atoms with Crippen molar-refractivity contribution in [1.29, 1.82) is 0 Å². The van der Waals surface area contributed by atoms with Crippen LogP contribution in [0.1, 0.15) is 32.1 Å². The van der Waals surface area contributed by atoms with Gasteiger partial charge in [-0.15, -0.1) is 24.8 Å². The molecule has 3 N–H and O–H groups in total. The highest BCUT2D eigenvalue weighted by Crippen LogP contribution is 2.31. The summed E-state index contributed by atoms with van der Waals surface area (Å²) in [6.07, 6.45) is 5.10. The summed E-state index contributed by atoms with van der Waals surface area (Å²) in [7, 11) is 0. The zero-order valence-electron chi connectivity index (χ0n) is 12.9. The standard InChI is InChI=1S/C16H22ClN3O.2ClH/c17-12-2-5-14(19-13-3-4-13)15(9-12)20-16(21)6-1-11-7-8-18-10-11;;/h2,5,9,11,13,18-19H,1,3-4,6-8,10H2,(H,20,21);2*1H. The maximum absolute atomic E-state index is 12.1. The van der Waals surface area contributed by atoms with Crippen LogP contribution in [-0.2, 0) is 4.79 Å². The minimum Gasteiger partial charge on any atom is -0.381 e. The molecule has 1 aromatic carbocycles. The van der Waals surface area contributed by atoms with Gasteiger partial charge in [-0.1, -0.05) is 11.6 Å². The normalized spacial score (nSPS) is 19.4. The fourth-order valence-corrected chi connectivity index (χ4v) is 2.87. The number of carbonyl (C=O) groups excluding carboxylic acids is 1. The summed E-state index contributed by atoms with van der Waals surface area (Å²) in [5.74, 6) is 0.710. The van der Waals surface area contributed by atoms with Crippen LogP contribution in [0.2, 0.25) is 5.02 Å². The van der Waals surface area contributed by atoms with Crippen molar-refractivity contribution in [1.82, 2.24) is 5.32 Å². The first-order valence-electron chi connectivity index (χ1n) is 7.77. The van der Waals surface area contributed by atoms with Crippen LogP contribution in [0.5, 0.6) is 0 Å². The van der Waals surface area contributed by atoms with E-state index < -0.39 is 0 Å². The van der Waals surface area contributed by atoms with Crippen molar-refractivity contribution in [3.05, 3.63) is 23.2 Å². The van der Waals surface area contributed by atoms with Gasteiger partial charge in [-0.05, 0) is 62.9 Å². The highest BCUT2D eigenvalue weighted by atomic mass is 35.5. The Bertz CT molecular complexity index is 517. The van der Waals surface area contributed by atoms with Crippen molar-refractivity contribution < 1.29 is 4.79 Å². The summed E-state index contributed by atoms with van der Waals surface area (Å²) >= 11 is 6.05. The lowest BCUT2D eigenvalue weighted by Gasteiger charge is -2.14. The fourth-order valence-electron chi connectivity index (χ4n) is 2.70. The van der Waals surface area contributed by atoms with E-state index in [-0.39, 0.29) is 30.7 Å². The van der Waals surface area contributed by atoms with Gasteiger partial charge >= 0.3 is 0 Å². The predicted octanol–water partition coefficient (Wildman–Crippen LogP) is 4.09. The first-order chi connectivity index (χ1) is 10.2. The zero-order valence-corrected chi connectivity index (χ0v) is 15.3. The summed E-state index contributed by atoms with van der Waals surface area (Å²) < 4.78 is 0. The van der Waals surface area contributed by atoms with Gasteiger partial charge in [-0.3, -0.25) is 4.79 Å². The lowest BCUT2D eigenvalue weighted by molar-refractivity contribution is -0.116. The van der Waals surface area contributed by atoms with E-state index in [1.165, 1.54) is 19.3 Å². The molecule has 1 aromatic rings. The molecule has 0 radical (unpaired) electrons. The van der Waals surface area contributed by atoms with E-state index in [0.717, 1.165) is 30.9 Å². The van der Waals surface area contributed by atoms with E-state index in [1.54, 1.807) is 0 Å². The van der Waals surface area contributed by atoms with Crippen LogP contribution in [0.25, 0.3) is 0 Å². The van der Waals surface area contributed by atoms with Gasteiger partial charge in [0.2, 0.25) is 5.91 Å². The molecule has 1 aliphatic heterocycles. The number of nitrogens with one attached hydrogen (secondary N) is 3. The average molecular weight is 381 g/mol. The minimum atomic E-state index is 0. The molecule has 1 aliphatic carbocycles. The zero-order chi connectivity index (χ0) is 14.7. The van der Waals surface area contributed by atoms with Gasteiger partial charge in [-0.25, -0.2) is 0 Å². The Morgan fingerprint density at radius 3 is 2.65 bits per heavy atom. The Labute approximate surface area is 154 Å². The molecule has 4 nitrogen and oxygen atoms in total. The molecular formula is C16H24Cl3N3O. The third-order valence-corrected chi connectivity index (χ3v) is 4.37. The largest absolute Gasteiger partial charge is 0.381 e. The van der Waals surface area contributed by atoms with Crippen molar-refractivity contribution in [3.63, 3.8) is 0 Å². The van der Waals surface area contributed by atoms with Crippen LogP contribution in [0.15, 0.2) is 18.2 Å². The molecule has 0 spiro atoms. The summed E-state index contributed by atoms with van der Waals surface area (Å²) in [4.78, 5) is 12.1. The molecule has 23 heavy (non-hydrogen) atoms. The molecule has 3 rings (SSSR count). The second-order valence-electron chi connectivity index (χ2n) is 6.05. The van der Waals surface area contributed by atoms with Crippen molar-refractivity contribution in [2.45, 2.75) is 38.1 Å². The Hall–Kier alpha value is -0.680. The first kappa shape index (κ1) is 20.4. The fraction of sp³-hybridized carbons (Fsp3) is 0.562. The maximum atomic E-state index is 12.1. The van der Waals surface area contributed by atoms with Gasteiger partial charge in [0, 0.05) is 17.5 Å². The highest BCUT2D eigenvalue weighted by molar-refractivity contribution is 6.31. The SMILES string of the molecule is Cl.Cl.O=C(CCC1CCNC1)Nc1cc(Cl)ccc1NC1CC1. The van der Waals surface area contributed by atoms with Crippen LogP contribution >= 0.6 is 36.4 Å². The monoisotopic (exact) mass is 379 g/mol. The van der Waals surface area contributed by atoms with Crippen LogP contribution in [0.3, 0.4) is 0 Å². The van der Waals surface area contributed by atoms with Gasteiger partial charge < -0.3 is 16.0 Å². The van der Waals surface area contributed by atoms with Crippen LogP contribution < -0.4 is 16.0 Å². The molecule has 1 heterocycles. The molecule has 1 saturated heterocycles. The molecule has 7 heteroatoms. The lowest BCUT2D eigenvalue weighted by atomic mass is 10.0. The lowest BCUT2D eigenvalue weighted by Crippen LogP contribution is -2.16. The quantitative estimate of drug-likeness (QED) is 0.697. The number of halogens is 3. The molecular weight excluding hydrogens is 357 g/mol. The van der Waals surface area contributed by atoms with Gasteiger partial charge in [0.05, 0.1) is 11.4 Å². The Balaban J connectivity index is 0.00000132. The first-order valence-corrected chi connectivity index (χ1v) is 8.15. The van der Waals surface area contributed by atoms with Gasteiger partial charge in [0.1, 0.15) is 0 Å². The summed E-state index contributed by atoms with van der Waals surface area (Å²) in [6, 6.07) is 6.16. The molecule has 1 saturated carbocycles. The van der Waals surface area contributed by atoms with Gasteiger partial charge in [0.15, 0.2) is 0 Å². The molecule has 1 amide bonds. The van der Waals surface area contributed by atoms with E-state index in [1.807, 2.05) is 18.2 Å². The van der Waals surface area contributed by atoms with Crippen LogP contribution in [-0.4, -0.2) is 25.0 Å². The topological polar surface area (TPSA) is 53.2 Å². The van der Waals surface area contributed by atoms with Crippen LogP contribution in [0.4, 0.5) is 11.4 Å². The number of carbonyl (C=O) groups is 1. The second kappa shape index (κ2) is 9.58. The van der Waals surface area contributed by atoms with E-state index in [2.05, 4.69) is 16.0 Å². The highest BCUT2D eigenvalue weighted by Gasteiger charge is 2.22. The second-order valence-corrected chi connectivity index (χ2v) is 6.49. The van der Waals surface area contributed by atoms with E-state index >= 15 is 0 Å². The smallest absolute Gasteiger partial charge is 0.224 e. The van der Waals surface area contributed by atoms with Gasteiger partial charge in [-0.2, -0.15) is 0 Å². The molecule has 1 unspecified atom stereocenters. The number of benzene rings is 1. The summed E-state index contributed by atoms with van der Waals surface area (Å²) in [5.41, 5.74) is 1.77. The third kappa shape index (κ3) is 6.38. The Morgan fingerprint density at radius 2 is 2.00 bits per heavy atom. The third-order valence-electron chi connectivity index (χ3n) is 4.13. The number of rotatable bonds is 6. The molecule has 1 atom stereocenters. The maximum Gasteiger partial charge on any atom is 0.224 e.